The molecule has 0 radical (unpaired) electrons. The second kappa shape index (κ2) is 15.9. The molecule has 51 heavy (non-hydrogen) atoms. The molecule has 1 spiro atoms. The van der Waals surface area contributed by atoms with Crippen LogP contribution >= 0.6 is 15.9 Å². The van der Waals surface area contributed by atoms with E-state index in [1.54, 1.807) is 24.0 Å². The van der Waals surface area contributed by atoms with Gasteiger partial charge in [0.15, 0.2) is 0 Å². The average molecular weight is 773 g/mol. The number of allylic oxidation sites excluding steroid dienone is 1. The zero-order valence-corrected chi connectivity index (χ0v) is 33.1. The van der Waals surface area contributed by atoms with Gasteiger partial charge in [0.2, 0.25) is 17.7 Å². The van der Waals surface area contributed by atoms with Crippen LogP contribution in [0.25, 0.3) is 0 Å². The number of ether oxygens (including phenoxy) is 2. The Morgan fingerprint density at radius 2 is 1.78 bits per heavy atom. The number of fused-ring (bicyclic) bond motifs is 1. The number of nitrogens with one attached hydrogen (secondary N) is 1. The van der Waals surface area contributed by atoms with Crippen LogP contribution in [0.15, 0.2) is 55.6 Å². The summed E-state index contributed by atoms with van der Waals surface area (Å²) in [6.45, 7) is 23.5. The van der Waals surface area contributed by atoms with Crippen LogP contribution in [0, 0.1) is 23.2 Å². The number of benzene rings is 1. The largest absolute Gasteiger partial charge is 0.455 e. The Morgan fingerprint density at radius 1 is 1.14 bits per heavy atom. The molecule has 11 heteroatoms. The topological polar surface area (TPSA) is 125 Å². The van der Waals surface area contributed by atoms with E-state index in [1.165, 1.54) is 4.90 Å². The zero-order chi connectivity index (χ0) is 38.1. The summed E-state index contributed by atoms with van der Waals surface area (Å²) in [5.41, 5.74) is -1.40. The van der Waals surface area contributed by atoms with Gasteiger partial charge < -0.3 is 29.7 Å². The van der Waals surface area contributed by atoms with E-state index in [0.717, 1.165) is 0 Å². The molecule has 3 aliphatic heterocycles. The van der Waals surface area contributed by atoms with Crippen LogP contribution in [0.3, 0.4) is 0 Å². The standard InChI is InChI=1S/C40H58BrN3O7/c1-11-13-19-29(46)42-25(5)32(26-17-15-14-16-18-26)50-37(49)30-31-35(47)44(28(22-45)24(3)4)34(40(31)21-27(41)33(30)51-40)36(48)43(20-12-2)39(9,10)23-38(6,7)8/h11-12,14-18,24-25,27-28,30-34,45H,1-2,13,19-23H2,3-10H3,(H,42,46)/t25-,27?,28-,30-,31+,32-,33-,34-,40+/m0/s1. The van der Waals surface area contributed by atoms with Gasteiger partial charge in [-0.3, -0.25) is 19.2 Å². The Bertz CT molecular complexity index is 1460. The molecule has 1 aromatic carbocycles. The first-order valence-electron chi connectivity index (χ1n) is 18.2. The molecule has 1 unspecified atom stereocenters. The first-order chi connectivity index (χ1) is 23.8. The highest BCUT2D eigenvalue weighted by molar-refractivity contribution is 9.09. The molecule has 1 aromatic rings. The fraction of sp³-hybridized carbons (Fsp3) is 0.650. The van der Waals surface area contributed by atoms with Crippen LogP contribution < -0.4 is 5.32 Å². The number of hydrogen-bond acceptors (Lipinski definition) is 7. The Kier molecular flexibility index (Phi) is 12.7. The van der Waals surface area contributed by atoms with Crippen molar-refractivity contribution in [3.63, 3.8) is 0 Å². The number of esters is 1. The van der Waals surface area contributed by atoms with Crippen molar-refractivity contribution in [2.75, 3.05) is 13.2 Å². The van der Waals surface area contributed by atoms with E-state index < -0.39 is 65.2 Å². The highest BCUT2D eigenvalue weighted by Gasteiger charge is 2.78. The van der Waals surface area contributed by atoms with E-state index >= 15 is 4.79 Å². The van der Waals surface area contributed by atoms with Crippen molar-refractivity contribution < 1.29 is 33.8 Å². The molecule has 3 aliphatic rings. The Labute approximate surface area is 312 Å². The summed E-state index contributed by atoms with van der Waals surface area (Å²) < 4.78 is 13.1. The van der Waals surface area contributed by atoms with Crippen molar-refractivity contribution >= 4 is 39.6 Å². The second-order valence-electron chi connectivity index (χ2n) is 16.6. The summed E-state index contributed by atoms with van der Waals surface area (Å²) in [4.78, 5) is 60.2. The molecule has 0 aliphatic carbocycles. The third kappa shape index (κ3) is 8.15. The molecule has 9 atom stereocenters. The van der Waals surface area contributed by atoms with Crippen molar-refractivity contribution in [2.45, 2.75) is 127 Å². The Morgan fingerprint density at radius 3 is 2.33 bits per heavy atom. The number of aliphatic hydroxyl groups excluding tert-OH is 1. The van der Waals surface area contributed by atoms with Gasteiger partial charge in [-0.1, -0.05) is 93.0 Å². The predicted molar refractivity (Wildman–Crippen MR) is 201 cm³/mol. The number of alkyl halides is 1. The molecule has 3 saturated heterocycles. The van der Waals surface area contributed by atoms with Crippen LogP contribution in [0.4, 0.5) is 0 Å². The van der Waals surface area contributed by atoms with Crippen LogP contribution in [0.2, 0.25) is 0 Å². The van der Waals surface area contributed by atoms with Crippen LogP contribution in [0.1, 0.15) is 92.7 Å². The van der Waals surface area contributed by atoms with E-state index in [0.29, 0.717) is 24.8 Å². The van der Waals surface area contributed by atoms with Crippen LogP contribution in [-0.4, -0.2) is 91.9 Å². The molecule has 3 heterocycles. The lowest BCUT2D eigenvalue weighted by Crippen LogP contribution is -2.63. The summed E-state index contributed by atoms with van der Waals surface area (Å²) in [5.74, 6) is -3.80. The van der Waals surface area contributed by atoms with Gasteiger partial charge in [-0.25, -0.2) is 0 Å². The average Bonchev–Trinajstić information content (AvgIpc) is 3.63. The van der Waals surface area contributed by atoms with E-state index in [1.807, 2.05) is 58.0 Å². The number of halogens is 1. The highest BCUT2D eigenvalue weighted by Crippen LogP contribution is 2.61. The molecule has 2 bridgehead atoms. The summed E-state index contributed by atoms with van der Waals surface area (Å²) in [7, 11) is 0. The first-order valence-corrected chi connectivity index (χ1v) is 19.1. The summed E-state index contributed by atoms with van der Waals surface area (Å²) in [6.07, 6.45) is 3.51. The number of carbonyl (C=O) groups excluding carboxylic acids is 4. The number of amides is 3. The van der Waals surface area contributed by atoms with Crippen LogP contribution in [-0.2, 0) is 28.7 Å². The molecule has 0 aromatic heterocycles. The highest BCUT2D eigenvalue weighted by atomic mass is 79.9. The van der Waals surface area contributed by atoms with Gasteiger partial charge in [0.1, 0.15) is 17.7 Å². The van der Waals surface area contributed by atoms with Gasteiger partial charge in [0.25, 0.3) is 0 Å². The quantitative estimate of drug-likeness (QED) is 0.125. The van der Waals surface area contributed by atoms with Gasteiger partial charge in [-0.2, -0.15) is 0 Å². The fourth-order valence-electron chi connectivity index (χ4n) is 8.84. The minimum absolute atomic E-state index is 0.115. The number of hydrogen-bond donors (Lipinski definition) is 2. The minimum atomic E-state index is -1.34. The molecule has 2 N–H and O–H groups in total. The Hall–Kier alpha value is -3.02. The maximum absolute atomic E-state index is 15.1. The number of likely N-dealkylation sites (tertiary alicyclic amines) is 1. The third-order valence-electron chi connectivity index (χ3n) is 10.6. The van der Waals surface area contributed by atoms with Crippen molar-refractivity contribution in [1.29, 1.82) is 0 Å². The minimum Gasteiger partial charge on any atom is -0.455 e. The predicted octanol–water partition coefficient (Wildman–Crippen LogP) is 5.74. The SMILES string of the molecule is C=CCCC(=O)N[C@@H](C)[C@H](OC(=O)[C@@H]1[C@H]2O[C@@]3(CC2Br)[C@H](C(=O)N(CC=C)C(C)(C)CC(C)(C)C)N([C@@H](CO)C(C)C)C(=O)[C@@H]13)c1ccccc1. The van der Waals surface area contributed by atoms with Gasteiger partial charge >= 0.3 is 5.97 Å². The second-order valence-corrected chi connectivity index (χ2v) is 17.8. The zero-order valence-electron chi connectivity index (χ0n) is 31.6. The molecule has 3 amide bonds. The van der Waals surface area contributed by atoms with Gasteiger partial charge in [0.05, 0.1) is 36.6 Å². The molecule has 0 saturated carbocycles. The van der Waals surface area contributed by atoms with Gasteiger partial charge in [-0.05, 0) is 56.9 Å². The summed E-state index contributed by atoms with van der Waals surface area (Å²) in [6, 6.07) is 6.79. The number of carbonyl (C=O) groups is 4. The lowest BCUT2D eigenvalue weighted by atomic mass is 9.70. The maximum Gasteiger partial charge on any atom is 0.313 e. The van der Waals surface area contributed by atoms with Gasteiger partial charge in [-0.15, -0.1) is 13.2 Å². The lowest BCUT2D eigenvalue weighted by Gasteiger charge is -2.47. The van der Waals surface area contributed by atoms with E-state index in [9.17, 15) is 19.5 Å². The molecular weight excluding hydrogens is 714 g/mol. The smallest absolute Gasteiger partial charge is 0.313 e. The number of rotatable bonds is 16. The molecule has 282 valence electrons. The molecule has 4 rings (SSSR count). The van der Waals surface area contributed by atoms with Gasteiger partial charge in [0, 0.05) is 23.3 Å². The van der Waals surface area contributed by atoms with Crippen molar-refractivity contribution in [3.05, 3.63) is 61.2 Å². The van der Waals surface area contributed by atoms with E-state index in [-0.39, 0.29) is 47.5 Å². The van der Waals surface area contributed by atoms with Crippen LogP contribution in [0.5, 0.6) is 0 Å². The van der Waals surface area contributed by atoms with Crippen molar-refractivity contribution in [2.24, 2.45) is 23.2 Å². The fourth-order valence-corrected chi connectivity index (χ4v) is 9.78. The lowest BCUT2D eigenvalue weighted by molar-refractivity contribution is -0.163. The monoisotopic (exact) mass is 771 g/mol. The normalized spacial score (nSPS) is 27.5. The Balaban J connectivity index is 1.78. The molecule has 3 fully saturated rings. The molecular formula is C40H58BrN3O7. The molecule has 10 nitrogen and oxygen atoms in total. The van der Waals surface area contributed by atoms with E-state index in [4.69, 9.17) is 9.47 Å². The maximum atomic E-state index is 15.1. The summed E-state index contributed by atoms with van der Waals surface area (Å²) >= 11 is 3.76. The number of aliphatic hydroxyl groups is 1. The van der Waals surface area contributed by atoms with Crippen molar-refractivity contribution in [3.8, 4) is 0 Å². The van der Waals surface area contributed by atoms with Crippen molar-refractivity contribution in [1.82, 2.24) is 15.1 Å². The van der Waals surface area contributed by atoms with E-state index in [2.05, 4.69) is 55.2 Å². The third-order valence-corrected chi connectivity index (χ3v) is 11.5. The summed E-state index contributed by atoms with van der Waals surface area (Å²) in [5, 5.41) is 13.7. The first kappa shape index (κ1) is 40.7. The number of nitrogens with zero attached hydrogens (tertiary/aromatic N) is 2.